The highest BCUT2D eigenvalue weighted by Gasteiger charge is 2.16. The molecule has 0 fully saturated rings. The molecule has 0 saturated carbocycles. The van der Waals surface area contributed by atoms with Crippen LogP contribution >= 0.6 is 0 Å². The predicted octanol–water partition coefficient (Wildman–Crippen LogP) is -2.03. The van der Waals surface area contributed by atoms with Crippen LogP contribution in [0.25, 0.3) is 0 Å². The zero-order valence-corrected chi connectivity index (χ0v) is 12.5. The van der Waals surface area contributed by atoms with E-state index in [1.807, 2.05) is 0 Å². The van der Waals surface area contributed by atoms with Gasteiger partial charge in [0.05, 0.1) is 31.3 Å². The molecule has 0 aliphatic heterocycles. The lowest BCUT2D eigenvalue weighted by Gasteiger charge is -2.15. The normalized spacial score (nSPS) is 11.9. The predicted molar refractivity (Wildman–Crippen MR) is 71.8 cm³/mol. The number of hydrogen-bond donors (Lipinski definition) is 3. The molecule has 114 valence electrons. The van der Waals surface area contributed by atoms with E-state index in [9.17, 15) is 18.3 Å². The maximum Gasteiger partial charge on any atom is 0.242 e. The van der Waals surface area contributed by atoms with Crippen LogP contribution in [0.1, 0.15) is 30.8 Å². The van der Waals surface area contributed by atoms with Crippen molar-refractivity contribution in [1.29, 1.82) is 0 Å². The molecule has 0 saturated heterocycles. The van der Waals surface area contributed by atoms with Crippen LogP contribution in [0.15, 0.2) is 17.2 Å². The minimum atomic E-state index is -3.67. The van der Waals surface area contributed by atoms with Crippen LogP contribution in [0, 0.1) is 0 Å². The fourth-order valence-electron chi connectivity index (χ4n) is 1.88. The number of aromatic nitrogens is 1. The molecule has 0 spiro atoms. The van der Waals surface area contributed by atoms with E-state index in [2.05, 4.69) is 23.6 Å². The summed E-state index contributed by atoms with van der Waals surface area (Å²) in [5.41, 5.74) is -0.252. The average molecular weight is 303 g/mol. The second-order valence-corrected chi connectivity index (χ2v) is 6.26. The summed E-state index contributed by atoms with van der Waals surface area (Å²) in [5.74, 6) is -1.43. The minimum absolute atomic E-state index is 0.0908. The highest BCUT2D eigenvalue weighted by Crippen LogP contribution is 2.09. The number of sulfonamides is 1. The zero-order valence-electron chi connectivity index (χ0n) is 11.7. The van der Waals surface area contributed by atoms with Crippen LogP contribution in [0.3, 0.4) is 0 Å². The summed E-state index contributed by atoms with van der Waals surface area (Å²) in [7, 11) is -3.67. The first-order chi connectivity index (χ1) is 9.40. The number of carbonyl (C=O) groups excluding carboxylic acids is 1. The third-order valence-electron chi connectivity index (χ3n) is 3.19. The lowest BCUT2D eigenvalue weighted by atomic mass is 10.4. The molecule has 0 aromatic carbocycles. The molecule has 1 aromatic heterocycles. The number of nitrogens with one attached hydrogen (secondary N) is 3. The zero-order chi connectivity index (χ0) is 15.2. The van der Waals surface area contributed by atoms with E-state index in [-0.39, 0.29) is 10.6 Å². The van der Waals surface area contributed by atoms with Crippen LogP contribution in [-0.4, -0.2) is 45.6 Å². The molecule has 1 rings (SSSR count). The van der Waals surface area contributed by atoms with E-state index in [1.54, 1.807) is 0 Å². The van der Waals surface area contributed by atoms with Crippen molar-refractivity contribution in [1.82, 2.24) is 9.71 Å². The van der Waals surface area contributed by atoms with Crippen molar-refractivity contribution in [2.45, 2.75) is 25.2 Å². The number of rotatable bonds is 9. The van der Waals surface area contributed by atoms with Crippen molar-refractivity contribution >= 4 is 16.0 Å². The molecule has 1 heterocycles. The molecule has 8 heteroatoms. The van der Waals surface area contributed by atoms with Gasteiger partial charge in [0.2, 0.25) is 10.0 Å². The van der Waals surface area contributed by atoms with Gasteiger partial charge in [-0.05, 0) is 19.9 Å². The van der Waals surface area contributed by atoms with Gasteiger partial charge in [0.1, 0.15) is 4.90 Å². The molecule has 0 amide bonds. The third kappa shape index (κ3) is 4.62. The van der Waals surface area contributed by atoms with Gasteiger partial charge in [0.25, 0.3) is 0 Å². The smallest absolute Gasteiger partial charge is 0.242 e. The topological polar surface area (TPSA) is 107 Å². The lowest BCUT2D eigenvalue weighted by molar-refractivity contribution is -0.896. The Hall–Kier alpha value is -1.38. The Morgan fingerprint density at radius 1 is 1.40 bits per heavy atom. The standard InChI is InChI=1S/C12H21N3O4S/c1-3-15(4-2)7-5-6-14-20(18,19)10-8-11(12(16)17)13-9-10/h8-9,13-14H,3-7H2,1-2H3,(H,16,17). The number of aromatic carboxylic acids is 1. The molecule has 3 N–H and O–H groups in total. The van der Waals surface area contributed by atoms with Crippen LogP contribution in [0.5, 0.6) is 0 Å². The summed E-state index contributed by atoms with van der Waals surface area (Å²) in [6.07, 6.45) is 1.87. The Morgan fingerprint density at radius 3 is 2.55 bits per heavy atom. The lowest BCUT2D eigenvalue weighted by Crippen LogP contribution is -3.11. The van der Waals surface area contributed by atoms with Crippen molar-refractivity contribution in [3.8, 4) is 0 Å². The highest BCUT2D eigenvalue weighted by atomic mass is 32.2. The Balaban J connectivity index is 2.51. The molecule has 0 aliphatic carbocycles. The number of carboxylic acid groups (broad SMARTS) is 1. The van der Waals surface area contributed by atoms with Gasteiger partial charge in [-0.15, -0.1) is 0 Å². The maximum atomic E-state index is 11.9. The Morgan fingerprint density at radius 2 is 2.05 bits per heavy atom. The fraction of sp³-hybridized carbons (Fsp3) is 0.583. The molecular formula is C12H21N3O4S. The molecule has 20 heavy (non-hydrogen) atoms. The Kier molecular flexibility index (Phi) is 6.18. The monoisotopic (exact) mass is 303 g/mol. The molecule has 7 nitrogen and oxygen atoms in total. The number of H-pyrrole nitrogens is 1. The van der Waals surface area contributed by atoms with Crippen molar-refractivity contribution in [2.24, 2.45) is 0 Å². The van der Waals surface area contributed by atoms with Gasteiger partial charge < -0.3 is 19.8 Å². The fourth-order valence-corrected chi connectivity index (χ4v) is 2.95. The first-order valence-electron chi connectivity index (χ1n) is 6.63. The quantitative estimate of drug-likeness (QED) is 0.457. The van der Waals surface area contributed by atoms with Gasteiger partial charge >= 0.3 is 0 Å². The summed E-state index contributed by atoms with van der Waals surface area (Å²) < 4.78 is 26.3. The SMILES string of the molecule is CC[NH+](CC)CCCNS(=O)(=O)c1c[nH]c(C(=O)[O-])c1. The first kappa shape index (κ1) is 16.7. The Labute approximate surface area is 119 Å². The van der Waals surface area contributed by atoms with Crippen molar-refractivity contribution in [2.75, 3.05) is 26.2 Å². The van der Waals surface area contributed by atoms with Gasteiger partial charge in [-0.3, -0.25) is 0 Å². The highest BCUT2D eigenvalue weighted by molar-refractivity contribution is 7.89. The molecule has 0 radical (unpaired) electrons. The number of hydrogen-bond acceptors (Lipinski definition) is 4. The van der Waals surface area contributed by atoms with Gasteiger partial charge in [-0.25, -0.2) is 13.1 Å². The second kappa shape index (κ2) is 7.41. The first-order valence-corrected chi connectivity index (χ1v) is 8.12. The van der Waals surface area contributed by atoms with E-state index >= 15 is 0 Å². The van der Waals surface area contributed by atoms with Gasteiger partial charge in [-0.2, -0.15) is 0 Å². The number of carboxylic acids is 1. The maximum absolute atomic E-state index is 11.9. The van der Waals surface area contributed by atoms with E-state index in [0.29, 0.717) is 6.54 Å². The minimum Gasteiger partial charge on any atom is -0.543 e. The molecule has 1 aromatic rings. The largest absolute Gasteiger partial charge is 0.543 e. The van der Waals surface area contributed by atoms with E-state index in [0.717, 1.165) is 38.3 Å². The van der Waals surface area contributed by atoms with Crippen LogP contribution < -0.4 is 14.7 Å². The summed E-state index contributed by atoms with van der Waals surface area (Å²) in [5, 5.41) is 10.6. The van der Waals surface area contributed by atoms with Crippen molar-refractivity contribution < 1.29 is 23.2 Å². The molecule has 0 atom stereocenters. The third-order valence-corrected chi connectivity index (χ3v) is 4.63. The number of quaternary nitrogens is 1. The van der Waals surface area contributed by atoms with Gasteiger partial charge in [-0.1, -0.05) is 0 Å². The molecule has 0 unspecified atom stereocenters. The molecular weight excluding hydrogens is 282 g/mol. The second-order valence-electron chi connectivity index (χ2n) is 4.49. The van der Waals surface area contributed by atoms with Crippen LogP contribution in [0.4, 0.5) is 0 Å². The average Bonchev–Trinajstić information content (AvgIpc) is 2.89. The van der Waals surface area contributed by atoms with Gasteiger partial charge in [0.15, 0.2) is 0 Å². The van der Waals surface area contributed by atoms with E-state index in [1.165, 1.54) is 4.90 Å². The number of aromatic amines is 1. The summed E-state index contributed by atoms with van der Waals surface area (Å²) >= 11 is 0. The molecule has 0 bridgehead atoms. The number of carbonyl (C=O) groups is 1. The summed E-state index contributed by atoms with van der Waals surface area (Å²) in [6, 6.07) is 1.05. The van der Waals surface area contributed by atoms with Gasteiger partial charge in [0, 0.05) is 19.2 Å². The van der Waals surface area contributed by atoms with Crippen molar-refractivity contribution in [3.63, 3.8) is 0 Å². The van der Waals surface area contributed by atoms with Crippen LogP contribution in [0.2, 0.25) is 0 Å². The van der Waals surface area contributed by atoms with E-state index < -0.39 is 16.0 Å². The Bertz CT molecular complexity index is 535. The van der Waals surface area contributed by atoms with Crippen LogP contribution in [-0.2, 0) is 10.0 Å². The molecule has 0 aliphatic rings. The summed E-state index contributed by atoms with van der Waals surface area (Å²) in [4.78, 5) is 14.3. The van der Waals surface area contributed by atoms with E-state index in [4.69, 9.17) is 0 Å². The van der Waals surface area contributed by atoms with Crippen molar-refractivity contribution in [3.05, 3.63) is 18.0 Å². The summed E-state index contributed by atoms with van der Waals surface area (Å²) in [6.45, 7) is 7.42.